The number of halogens is 1. The Bertz CT molecular complexity index is 616. The van der Waals surface area contributed by atoms with Gasteiger partial charge in [0.2, 0.25) is 0 Å². The highest BCUT2D eigenvalue weighted by atomic mass is 35.5. The second kappa shape index (κ2) is 5.99. The molecule has 0 aromatic heterocycles. The summed E-state index contributed by atoms with van der Waals surface area (Å²) in [5.74, 6) is -0.382. The van der Waals surface area contributed by atoms with Crippen LogP contribution in [-0.4, -0.2) is 13.1 Å². The molecule has 0 aliphatic heterocycles. The van der Waals surface area contributed by atoms with Crippen molar-refractivity contribution in [2.45, 2.75) is 9.79 Å². The zero-order valence-electron chi connectivity index (χ0n) is 10.2. The van der Waals surface area contributed by atoms with Crippen LogP contribution < -0.4 is 5.73 Å². The summed E-state index contributed by atoms with van der Waals surface area (Å²) in [5, 5.41) is 0.660. The van der Waals surface area contributed by atoms with E-state index in [2.05, 4.69) is 0 Å². The SMILES string of the molecule is COC(=O)c1ccc(N)c(Sc2cccc(Cl)c2)c1. The van der Waals surface area contributed by atoms with Crippen LogP contribution in [0, 0.1) is 0 Å². The monoisotopic (exact) mass is 293 g/mol. The molecule has 0 unspecified atom stereocenters. The van der Waals surface area contributed by atoms with Gasteiger partial charge in [0.25, 0.3) is 0 Å². The first kappa shape index (κ1) is 13.8. The van der Waals surface area contributed by atoms with E-state index >= 15 is 0 Å². The number of carbonyl (C=O) groups excluding carboxylic acids is 1. The smallest absolute Gasteiger partial charge is 0.337 e. The van der Waals surface area contributed by atoms with Gasteiger partial charge in [-0.05, 0) is 36.4 Å². The largest absolute Gasteiger partial charge is 0.465 e. The minimum Gasteiger partial charge on any atom is -0.465 e. The highest BCUT2D eigenvalue weighted by Gasteiger charge is 2.09. The van der Waals surface area contributed by atoms with Gasteiger partial charge < -0.3 is 10.5 Å². The van der Waals surface area contributed by atoms with E-state index in [0.29, 0.717) is 16.3 Å². The Morgan fingerprint density at radius 1 is 1.26 bits per heavy atom. The number of hydrogen-bond donors (Lipinski definition) is 1. The molecule has 98 valence electrons. The summed E-state index contributed by atoms with van der Waals surface area (Å²) in [6.45, 7) is 0. The van der Waals surface area contributed by atoms with Crippen LogP contribution in [0.5, 0.6) is 0 Å². The summed E-state index contributed by atoms with van der Waals surface area (Å²) < 4.78 is 4.69. The minimum absolute atomic E-state index is 0.382. The predicted molar refractivity (Wildman–Crippen MR) is 77.8 cm³/mol. The van der Waals surface area contributed by atoms with Gasteiger partial charge in [-0.2, -0.15) is 0 Å². The van der Waals surface area contributed by atoms with Crippen molar-refractivity contribution in [3.8, 4) is 0 Å². The molecule has 3 nitrogen and oxygen atoms in total. The number of nitrogens with two attached hydrogens (primary N) is 1. The fourth-order valence-corrected chi connectivity index (χ4v) is 2.74. The van der Waals surface area contributed by atoms with Crippen molar-refractivity contribution >= 4 is 35.0 Å². The molecule has 2 N–H and O–H groups in total. The van der Waals surface area contributed by atoms with Crippen molar-refractivity contribution in [2.24, 2.45) is 0 Å². The van der Waals surface area contributed by atoms with Gasteiger partial charge in [-0.3, -0.25) is 0 Å². The molecule has 0 spiro atoms. The summed E-state index contributed by atoms with van der Waals surface area (Å²) in [7, 11) is 1.35. The number of benzene rings is 2. The third kappa shape index (κ3) is 3.43. The van der Waals surface area contributed by atoms with E-state index in [-0.39, 0.29) is 5.97 Å². The van der Waals surface area contributed by atoms with Crippen LogP contribution in [0.4, 0.5) is 5.69 Å². The number of methoxy groups -OCH3 is 1. The van der Waals surface area contributed by atoms with E-state index in [0.717, 1.165) is 9.79 Å². The summed E-state index contributed by atoms with van der Waals surface area (Å²) >= 11 is 7.39. The van der Waals surface area contributed by atoms with Gasteiger partial charge in [0, 0.05) is 20.5 Å². The number of hydrogen-bond acceptors (Lipinski definition) is 4. The van der Waals surface area contributed by atoms with Crippen molar-refractivity contribution in [1.82, 2.24) is 0 Å². The molecule has 2 aromatic rings. The van der Waals surface area contributed by atoms with Gasteiger partial charge in [0.15, 0.2) is 0 Å². The molecule has 0 radical (unpaired) electrons. The van der Waals surface area contributed by atoms with Crippen LogP contribution in [0.25, 0.3) is 0 Å². The Labute approximate surface area is 120 Å². The molecule has 2 aromatic carbocycles. The zero-order chi connectivity index (χ0) is 13.8. The molecule has 0 aliphatic rings. The summed E-state index contributed by atoms with van der Waals surface area (Å²) in [4.78, 5) is 13.2. The van der Waals surface area contributed by atoms with Gasteiger partial charge in [0.1, 0.15) is 0 Å². The fourth-order valence-electron chi connectivity index (χ4n) is 1.53. The normalized spacial score (nSPS) is 10.2. The van der Waals surface area contributed by atoms with Crippen molar-refractivity contribution in [2.75, 3.05) is 12.8 Å². The summed E-state index contributed by atoms with van der Waals surface area (Å²) in [6, 6.07) is 12.5. The average molecular weight is 294 g/mol. The second-order valence-electron chi connectivity index (χ2n) is 3.80. The van der Waals surface area contributed by atoms with Crippen molar-refractivity contribution in [1.29, 1.82) is 0 Å². The Morgan fingerprint density at radius 3 is 2.74 bits per heavy atom. The standard InChI is InChI=1S/C14H12ClNO2S/c1-18-14(17)9-5-6-12(16)13(7-9)19-11-4-2-3-10(15)8-11/h2-8H,16H2,1H3. The molecule has 2 rings (SSSR count). The molecule has 0 heterocycles. The van der Waals surface area contributed by atoms with Crippen molar-refractivity contribution in [3.63, 3.8) is 0 Å². The molecule has 5 heteroatoms. The lowest BCUT2D eigenvalue weighted by Gasteiger charge is -2.07. The highest BCUT2D eigenvalue weighted by molar-refractivity contribution is 7.99. The number of nitrogen functional groups attached to an aromatic ring is 1. The Kier molecular flexibility index (Phi) is 4.35. The first-order valence-corrected chi connectivity index (χ1v) is 6.71. The average Bonchev–Trinajstić information content (AvgIpc) is 2.40. The van der Waals surface area contributed by atoms with Gasteiger partial charge in [0.05, 0.1) is 12.7 Å². The van der Waals surface area contributed by atoms with Crippen LogP contribution in [0.1, 0.15) is 10.4 Å². The van der Waals surface area contributed by atoms with E-state index in [4.69, 9.17) is 22.1 Å². The molecule has 0 atom stereocenters. The lowest BCUT2D eigenvalue weighted by molar-refractivity contribution is 0.0600. The van der Waals surface area contributed by atoms with Gasteiger partial charge >= 0.3 is 5.97 Å². The number of esters is 1. The summed E-state index contributed by atoms with van der Waals surface area (Å²) in [6.07, 6.45) is 0. The molecule has 0 amide bonds. The summed E-state index contributed by atoms with van der Waals surface area (Å²) in [5.41, 5.74) is 6.99. The van der Waals surface area contributed by atoms with Crippen LogP contribution in [0.2, 0.25) is 5.02 Å². The quantitative estimate of drug-likeness (QED) is 0.689. The second-order valence-corrected chi connectivity index (χ2v) is 5.36. The molecular formula is C14H12ClNO2S. The van der Waals surface area contributed by atoms with Gasteiger partial charge in [-0.1, -0.05) is 29.4 Å². The highest BCUT2D eigenvalue weighted by Crippen LogP contribution is 2.33. The first-order chi connectivity index (χ1) is 9.10. The lowest BCUT2D eigenvalue weighted by atomic mass is 10.2. The molecule has 0 aliphatic carbocycles. The van der Waals surface area contributed by atoms with Crippen LogP contribution in [0.15, 0.2) is 52.3 Å². The minimum atomic E-state index is -0.382. The van der Waals surface area contributed by atoms with Crippen molar-refractivity contribution in [3.05, 3.63) is 53.1 Å². The fraction of sp³-hybridized carbons (Fsp3) is 0.0714. The first-order valence-electron chi connectivity index (χ1n) is 5.51. The Hall–Kier alpha value is -1.65. The molecule has 0 saturated heterocycles. The number of anilines is 1. The van der Waals surface area contributed by atoms with E-state index in [1.54, 1.807) is 24.3 Å². The molecule has 0 saturated carbocycles. The van der Waals surface area contributed by atoms with Gasteiger partial charge in [-0.25, -0.2) is 4.79 Å². The van der Waals surface area contributed by atoms with E-state index in [9.17, 15) is 4.79 Å². The van der Waals surface area contributed by atoms with Crippen LogP contribution in [-0.2, 0) is 4.74 Å². The van der Waals surface area contributed by atoms with Crippen molar-refractivity contribution < 1.29 is 9.53 Å². The molecule has 19 heavy (non-hydrogen) atoms. The number of ether oxygens (including phenoxy) is 1. The van der Waals surface area contributed by atoms with Gasteiger partial charge in [-0.15, -0.1) is 0 Å². The topological polar surface area (TPSA) is 52.3 Å². The Balaban J connectivity index is 2.31. The lowest BCUT2D eigenvalue weighted by Crippen LogP contribution is -2.02. The maximum Gasteiger partial charge on any atom is 0.337 e. The van der Waals surface area contributed by atoms with Crippen LogP contribution >= 0.6 is 23.4 Å². The number of rotatable bonds is 3. The maximum atomic E-state index is 11.5. The van der Waals surface area contributed by atoms with E-state index in [1.807, 2.05) is 18.2 Å². The third-order valence-electron chi connectivity index (χ3n) is 2.46. The predicted octanol–water partition coefficient (Wildman–Crippen LogP) is 3.86. The molecule has 0 fully saturated rings. The Morgan fingerprint density at radius 2 is 2.05 bits per heavy atom. The third-order valence-corrected chi connectivity index (χ3v) is 3.76. The zero-order valence-corrected chi connectivity index (χ0v) is 11.8. The molecule has 0 bridgehead atoms. The maximum absolute atomic E-state index is 11.5. The van der Waals surface area contributed by atoms with E-state index in [1.165, 1.54) is 18.9 Å². The molecular weight excluding hydrogens is 282 g/mol. The number of carbonyl (C=O) groups is 1. The van der Waals surface area contributed by atoms with Crippen LogP contribution in [0.3, 0.4) is 0 Å². The van der Waals surface area contributed by atoms with E-state index < -0.39 is 0 Å².